The maximum atomic E-state index is 13.0. The van der Waals surface area contributed by atoms with Crippen LogP contribution in [0.25, 0.3) is 0 Å². The lowest BCUT2D eigenvalue weighted by atomic mass is 10.2. The molecule has 0 saturated carbocycles. The molecule has 2 rings (SSSR count). The lowest BCUT2D eigenvalue weighted by molar-refractivity contribution is -0.142. The number of hydrogen-bond donors (Lipinski definition) is 2. The van der Waals surface area contributed by atoms with E-state index in [0.717, 1.165) is 12.8 Å². The van der Waals surface area contributed by atoms with Gasteiger partial charge in [0.25, 0.3) is 5.91 Å². The van der Waals surface area contributed by atoms with Gasteiger partial charge in [0.2, 0.25) is 5.91 Å². The molecule has 1 fully saturated rings. The zero-order chi connectivity index (χ0) is 16.1. The number of nitrogens with one attached hydrogen (secondary N) is 1. The smallest absolute Gasteiger partial charge is 0.251 e. The number of carbonyl (C=O) groups is 2. The Labute approximate surface area is 133 Å². The van der Waals surface area contributed by atoms with Gasteiger partial charge in [-0.25, -0.2) is 4.39 Å². The molecule has 0 radical (unpaired) electrons. The number of aliphatic hydroxyl groups excluding tert-OH is 1. The van der Waals surface area contributed by atoms with Gasteiger partial charge in [-0.1, -0.05) is 17.7 Å². The summed E-state index contributed by atoms with van der Waals surface area (Å²) in [6, 6.07) is 4.21. The van der Waals surface area contributed by atoms with Crippen LogP contribution in [0.3, 0.4) is 0 Å². The van der Waals surface area contributed by atoms with Crippen LogP contribution in [0.5, 0.6) is 0 Å². The molecule has 7 heteroatoms. The molecule has 0 aliphatic carbocycles. The zero-order valence-corrected chi connectivity index (χ0v) is 12.8. The van der Waals surface area contributed by atoms with Crippen molar-refractivity contribution in [1.29, 1.82) is 0 Å². The van der Waals surface area contributed by atoms with E-state index >= 15 is 0 Å². The van der Waals surface area contributed by atoms with E-state index in [9.17, 15) is 19.1 Å². The third kappa shape index (κ3) is 4.42. The van der Waals surface area contributed by atoms with E-state index < -0.39 is 17.8 Å². The first-order valence-corrected chi connectivity index (χ1v) is 7.52. The monoisotopic (exact) mass is 328 g/mol. The molecule has 1 aliphatic rings. The Morgan fingerprint density at radius 1 is 1.45 bits per heavy atom. The summed E-state index contributed by atoms with van der Waals surface area (Å²) in [7, 11) is 0. The van der Waals surface area contributed by atoms with Gasteiger partial charge in [0.1, 0.15) is 11.9 Å². The van der Waals surface area contributed by atoms with Gasteiger partial charge in [-0.3, -0.25) is 9.59 Å². The minimum atomic E-state index is -1.02. The molecule has 1 aliphatic heterocycles. The highest BCUT2D eigenvalue weighted by Gasteiger charge is 2.26. The second-order valence-electron chi connectivity index (χ2n) is 5.30. The molecule has 1 saturated heterocycles. The Balaban J connectivity index is 1.86. The van der Waals surface area contributed by atoms with Crippen LogP contribution < -0.4 is 5.32 Å². The molecule has 1 atom stereocenters. The van der Waals surface area contributed by atoms with Gasteiger partial charge in [-0.05, 0) is 37.0 Å². The fourth-order valence-corrected chi connectivity index (χ4v) is 2.52. The van der Waals surface area contributed by atoms with Crippen LogP contribution in [0.15, 0.2) is 18.2 Å². The van der Waals surface area contributed by atoms with Crippen molar-refractivity contribution in [2.24, 2.45) is 0 Å². The summed E-state index contributed by atoms with van der Waals surface area (Å²) >= 11 is 5.67. The van der Waals surface area contributed by atoms with Gasteiger partial charge in [-0.15, -0.1) is 0 Å². The first kappa shape index (κ1) is 16.7. The summed E-state index contributed by atoms with van der Waals surface area (Å²) < 4.78 is 13.0. The van der Waals surface area contributed by atoms with Crippen LogP contribution in [-0.4, -0.2) is 41.0 Å². The van der Waals surface area contributed by atoms with Crippen molar-refractivity contribution in [2.45, 2.75) is 31.9 Å². The number of benzene rings is 1. The Bertz CT molecular complexity index is 568. The van der Waals surface area contributed by atoms with E-state index in [1.54, 1.807) is 0 Å². The molecule has 120 valence electrons. The highest BCUT2D eigenvalue weighted by atomic mass is 35.5. The topological polar surface area (TPSA) is 69.6 Å². The van der Waals surface area contributed by atoms with E-state index in [1.807, 2.05) is 0 Å². The number of amides is 2. The number of likely N-dealkylation sites (tertiary alicyclic amines) is 1. The standard InChI is InChI=1S/C15H18ClFN2O3/c16-11-7-10(4-5-12(11)17)8-18-14(21)9-19-6-2-1-3-13(20)15(19)22/h4-5,7,13,20H,1-3,6,8-9H2,(H,18,21). The van der Waals surface area contributed by atoms with Gasteiger partial charge in [0.05, 0.1) is 11.6 Å². The summed E-state index contributed by atoms with van der Waals surface area (Å²) in [6.45, 7) is 0.569. The normalized spacial score (nSPS) is 19.0. The number of nitrogens with zero attached hydrogens (tertiary/aromatic N) is 1. The number of carbonyl (C=O) groups excluding carboxylic acids is 2. The van der Waals surface area contributed by atoms with Crippen LogP contribution in [0.1, 0.15) is 24.8 Å². The van der Waals surface area contributed by atoms with Crippen LogP contribution in [-0.2, 0) is 16.1 Å². The van der Waals surface area contributed by atoms with E-state index in [-0.39, 0.29) is 24.0 Å². The summed E-state index contributed by atoms with van der Waals surface area (Å²) in [5.74, 6) is -1.25. The SMILES string of the molecule is O=C(CN1CCCCC(O)C1=O)NCc1ccc(F)c(Cl)c1. The third-order valence-electron chi connectivity index (χ3n) is 3.56. The lowest BCUT2D eigenvalue weighted by Gasteiger charge is -2.21. The third-order valence-corrected chi connectivity index (χ3v) is 3.85. The van der Waals surface area contributed by atoms with Gasteiger partial charge in [0.15, 0.2) is 0 Å². The molecule has 1 aromatic carbocycles. The molecule has 2 N–H and O–H groups in total. The van der Waals surface area contributed by atoms with Crippen LogP contribution in [0.2, 0.25) is 5.02 Å². The van der Waals surface area contributed by atoms with E-state index in [1.165, 1.54) is 23.1 Å². The highest BCUT2D eigenvalue weighted by molar-refractivity contribution is 6.30. The molecular weight excluding hydrogens is 311 g/mol. The Morgan fingerprint density at radius 2 is 2.23 bits per heavy atom. The first-order chi connectivity index (χ1) is 10.5. The molecule has 1 heterocycles. The predicted octanol–water partition coefficient (Wildman–Crippen LogP) is 1.47. The number of halogens is 2. The molecule has 0 spiro atoms. The molecule has 5 nitrogen and oxygen atoms in total. The van der Waals surface area contributed by atoms with Crippen molar-refractivity contribution in [2.75, 3.05) is 13.1 Å². The summed E-state index contributed by atoms with van der Waals surface area (Å²) in [5, 5.41) is 12.3. The fourth-order valence-electron chi connectivity index (χ4n) is 2.32. The second-order valence-corrected chi connectivity index (χ2v) is 5.70. The zero-order valence-electron chi connectivity index (χ0n) is 12.0. The molecule has 1 unspecified atom stereocenters. The van der Waals surface area contributed by atoms with Crippen molar-refractivity contribution in [1.82, 2.24) is 10.2 Å². The molecule has 0 aromatic heterocycles. The summed E-state index contributed by atoms with van der Waals surface area (Å²) in [5.41, 5.74) is 0.668. The molecule has 22 heavy (non-hydrogen) atoms. The lowest BCUT2D eigenvalue weighted by Crippen LogP contribution is -2.44. The minimum Gasteiger partial charge on any atom is -0.383 e. The highest BCUT2D eigenvalue weighted by Crippen LogP contribution is 2.16. The van der Waals surface area contributed by atoms with Crippen LogP contribution >= 0.6 is 11.6 Å². The van der Waals surface area contributed by atoms with E-state index in [2.05, 4.69) is 5.32 Å². The predicted molar refractivity (Wildman–Crippen MR) is 79.7 cm³/mol. The van der Waals surface area contributed by atoms with Crippen molar-refractivity contribution in [3.8, 4) is 0 Å². The minimum absolute atomic E-state index is 0.00225. The van der Waals surface area contributed by atoms with Crippen LogP contribution in [0.4, 0.5) is 4.39 Å². The molecule has 1 aromatic rings. The van der Waals surface area contributed by atoms with Crippen molar-refractivity contribution in [3.05, 3.63) is 34.6 Å². The maximum absolute atomic E-state index is 13.0. The van der Waals surface area contributed by atoms with Crippen molar-refractivity contribution >= 4 is 23.4 Å². The molecule has 2 amide bonds. The average Bonchev–Trinajstić information content (AvgIpc) is 2.64. The van der Waals surface area contributed by atoms with E-state index in [0.29, 0.717) is 18.5 Å². The van der Waals surface area contributed by atoms with Crippen molar-refractivity contribution in [3.63, 3.8) is 0 Å². The quantitative estimate of drug-likeness (QED) is 0.879. The number of hydrogen-bond acceptors (Lipinski definition) is 3. The largest absolute Gasteiger partial charge is 0.383 e. The summed E-state index contributed by atoms with van der Waals surface area (Å²) in [4.78, 5) is 25.1. The maximum Gasteiger partial charge on any atom is 0.251 e. The summed E-state index contributed by atoms with van der Waals surface area (Å²) in [6.07, 6.45) is 0.944. The number of aliphatic hydroxyl groups is 1. The van der Waals surface area contributed by atoms with Crippen molar-refractivity contribution < 1.29 is 19.1 Å². The van der Waals surface area contributed by atoms with Crippen LogP contribution in [0, 0.1) is 5.82 Å². The first-order valence-electron chi connectivity index (χ1n) is 7.15. The Hall–Kier alpha value is -1.66. The van der Waals surface area contributed by atoms with Gasteiger partial charge >= 0.3 is 0 Å². The van der Waals surface area contributed by atoms with Gasteiger partial charge < -0.3 is 15.3 Å². The Kier molecular flexibility index (Phi) is 5.74. The molecule has 0 bridgehead atoms. The number of rotatable bonds is 4. The van der Waals surface area contributed by atoms with Gasteiger partial charge in [0, 0.05) is 13.1 Å². The fraction of sp³-hybridized carbons (Fsp3) is 0.467. The Morgan fingerprint density at radius 3 is 2.95 bits per heavy atom. The van der Waals surface area contributed by atoms with Gasteiger partial charge in [-0.2, -0.15) is 0 Å². The molecular formula is C15H18ClFN2O3. The van der Waals surface area contributed by atoms with E-state index in [4.69, 9.17) is 11.6 Å². The average molecular weight is 329 g/mol. The second kappa shape index (κ2) is 7.56.